The zero-order valence-electron chi connectivity index (χ0n) is 9.42. The SMILES string of the molecule is O=S1(=O)CCC(c2noc([C@H]3CCCN3)n2)C1. The average molecular weight is 257 g/mol. The van der Waals surface area contributed by atoms with Gasteiger partial charge in [0.2, 0.25) is 5.89 Å². The Kier molecular flexibility index (Phi) is 2.67. The maximum atomic E-state index is 11.4. The number of nitrogens with one attached hydrogen (secondary N) is 1. The van der Waals surface area contributed by atoms with E-state index in [0.717, 1.165) is 19.4 Å². The molecule has 2 aliphatic heterocycles. The summed E-state index contributed by atoms with van der Waals surface area (Å²) >= 11 is 0. The van der Waals surface area contributed by atoms with Gasteiger partial charge in [0.05, 0.1) is 17.5 Å². The number of hydrogen-bond acceptors (Lipinski definition) is 6. The van der Waals surface area contributed by atoms with Gasteiger partial charge in [-0.15, -0.1) is 0 Å². The maximum Gasteiger partial charge on any atom is 0.243 e. The van der Waals surface area contributed by atoms with Crippen molar-refractivity contribution in [2.45, 2.75) is 31.2 Å². The Balaban J connectivity index is 1.76. The molecule has 2 fully saturated rings. The summed E-state index contributed by atoms with van der Waals surface area (Å²) in [6.45, 7) is 0.972. The molecule has 0 aliphatic carbocycles. The molecule has 0 spiro atoms. The summed E-state index contributed by atoms with van der Waals surface area (Å²) in [4.78, 5) is 4.34. The van der Waals surface area contributed by atoms with E-state index in [-0.39, 0.29) is 23.5 Å². The van der Waals surface area contributed by atoms with E-state index < -0.39 is 9.84 Å². The normalized spacial score (nSPS) is 32.0. The topological polar surface area (TPSA) is 85.1 Å². The molecule has 1 aromatic heterocycles. The monoisotopic (exact) mass is 257 g/mol. The van der Waals surface area contributed by atoms with Gasteiger partial charge >= 0.3 is 0 Å². The lowest BCUT2D eigenvalue weighted by molar-refractivity contribution is 0.339. The highest BCUT2D eigenvalue weighted by molar-refractivity contribution is 7.91. The molecular formula is C10H15N3O3S. The van der Waals surface area contributed by atoms with Gasteiger partial charge in [-0.1, -0.05) is 5.16 Å². The van der Waals surface area contributed by atoms with E-state index in [4.69, 9.17) is 4.52 Å². The lowest BCUT2D eigenvalue weighted by Gasteiger charge is -2.02. The van der Waals surface area contributed by atoms with Crippen LogP contribution < -0.4 is 5.32 Å². The van der Waals surface area contributed by atoms with Crippen molar-refractivity contribution in [3.8, 4) is 0 Å². The summed E-state index contributed by atoms with van der Waals surface area (Å²) in [5.74, 6) is 1.46. The van der Waals surface area contributed by atoms with Gasteiger partial charge in [0.15, 0.2) is 15.7 Å². The smallest absolute Gasteiger partial charge is 0.243 e. The second-order valence-corrected chi connectivity index (χ2v) is 6.97. The van der Waals surface area contributed by atoms with Crippen LogP contribution in [0.25, 0.3) is 0 Å². The molecule has 3 rings (SSSR count). The average Bonchev–Trinajstić information content (AvgIpc) is 2.93. The predicted molar refractivity (Wildman–Crippen MR) is 60.3 cm³/mol. The Morgan fingerprint density at radius 3 is 2.88 bits per heavy atom. The molecule has 0 bridgehead atoms. The molecule has 0 saturated carbocycles. The van der Waals surface area contributed by atoms with E-state index in [1.54, 1.807) is 0 Å². The molecule has 1 aromatic rings. The third-order valence-corrected chi connectivity index (χ3v) is 5.18. The molecule has 1 unspecified atom stereocenters. The molecule has 2 atom stereocenters. The van der Waals surface area contributed by atoms with Crippen LogP contribution in [-0.4, -0.2) is 36.6 Å². The van der Waals surface area contributed by atoms with Crippen molar-refractivity contribution in [2.24, 2.45) is 0 Å². The van der Waals surface area contributed by atoms with Crippen molar-refractivity contribution < 1.29 is 12.9 Å². The molecule has 0 radical (unpaired) electrons. The van der Waals surface area contributed by atoms with Crippen molar-refractivity contribution in [3.63, 3.8) is 0 Å². The molecule has 94 valence electrons. The largest absolute Gasteiger partial charge is 0.338 e. The van der Waals surface area contributed by atoms with Crippen molar-refractivity contribution in [1.82, 2.24) is 15.5 Å². The van der Waals surface area contributed by atoms with E-state index in [2.05, 4.69) is 15.5 Å². The number of hydrogen-bond donors (Lipinski definition) is 1. The van der Waals surface area contributed by atoms with Crippen LogP contribution in [0.3, 0.4) is 0 Å². The number of aromatic nitrogens is 2. The maximum absolute atomic E-state index is 11.4. The van der Waals surface area contributed by atoms with E-state index in [0.29, 0.717) is 18.1 Å². The van der Waals surface area contributed by atoms with Gasteiger partial charge in [-0.2, -0.15) is 4.98 Å². The molecule has 0 aromatic carbocycles. The second kappa shape index (κ2) is 4.06. The minimum Gasteiger partial charge on any atom is -0.338 e. The van der Waals surface area contributed by atoms with E-state index in [1.165, 1.54) is 0 Å². The summed E-state index contributed by atoms with van der Waals surface area (Å²) in [6.07, 6.45) is 2.73. The third kappa shape index (κ3) is 2.21. The molecule has 1 N–H and O–H groups in total. The van der Waals surface area contributed by atoms with Crippen molar-refractivity contribution >= 4 is 9.84 Å². The highest BCUT2D eigenvalue weighted by atomic mass is 32.2. The zero-order chi connectivity index (χ0) is 11.9. The number of sulfone groups is 1. The fraction of sp³-hybridized carbons (Fsp3) is 0.800. The van der Waals surface area contributed by atoms with Gasteiger partial charge in [-0.3, -0.25) is 0 Å². The Hall–Kier alpha value is -0.950. The first-order chi connectivity index (χ1) is 8.14. The van der Waals surface area contributed by atoms with Crippen LogP contribution in [0.4, 0.5) is 0 Å². The first-order valence-corrected chi connectivity index (χ1v) is 7.73. The molecule has 3 heterocycles. The summed E-state index contributed by atoms with van der Waals surface area (Å²) in [5, 5.41) is 7.20. The highest BCUT2D eigenvalue weighted by Gasteiger charge is 2.33. The molecule has 7 heteroatoms. The van der Waals surface area contributed by atoms with Gasteiger partial charge in [0.1, 0.15) is 0 Å². The van der Waals surface area contributed by atoms with Gasteiger partial charge in [-0.05, 0) is 25.8 Å². The zero-order valence-corrected chi connectivity index (χ0v) is 10.2. The fourth-order valence-corrected chi connectivity index (χ4v) is 4.19. The molecular weight excluding hydrogens is 242 g/mol. The predicted octanol–water partition coefficient (Wildman–Crippen LogP) is 0.396. The van der Waals surface area contributed by atoms with E-state index in [1.807, 2.05) is 0 Å². The van der Waals surface area contributed by atoms with Crippen molar-refractivity contribution in [3.05, 3.63) is 11.7 Å². The summed E-state index contributed by atoms with van der Waals surface area (Å²) in [6, 6.07) is 0.147. The highest BCUT2D eigenvalue weighted by Crippen LogP contribution is 2.28. The van der Waals surface area contributed by atoms with Crippen LogP contribution in [-0.2, 0) is 9.84 Å². The van der Waals surface area contributed by atoms with Gasteiger partial charge in [0, 0.05) is 5.92 Å². The van der Waals surface area contributed by atoms with Crippen LogP contribution in [0.2, 0.25) is 0 Å². The van der Waals surface area contributed by atoms with E-state index in [9.17, 15) is 8.42 Å². The molecule has 0 amide bonds. The quantitative estimate of drug-likeness (QED) is 0.825. The third-order valence-electron chi connectivity index (χ3n) is 3.41. The summed E-state index contributed by atoms with van der Waals surface area (Å²) in [5.41, 5.74) is 0. The van der Waals surface area contributed by atoms with Crippen molar-refractivity contribution in [2.75, 3.05) is 18.1 Å². The first-order valence-electron chi connectivity index (χ1n) is 5.91. The number of nitrogens with zero attached hydrogens (tertiary/aromatic N) is 2. The Labute approximate surface area is 99.7 Å². The lowest BCUT2D eigenvalue weighted by atomic mass is 10.1. The Morgan fingerprint density at radius 2 is 2.24 bits per heavy atom. The Morgan fingerprint density at radius 1 is 1.35 bits per heavy atom. The van der Waals surface area contributed by atoms with Crippen LogP contribution in [0, 0.1) is 0 Å². The minimum absolute atomic E-state index is 0.0843. The standard InChI is InChI=1S/C10H15N3O3S/c14-17(15)5-3-7(6-17)9-12-10(16-13-9)8-2-1-4-11-8/h7-8,11H,1-6H2/t7?,8-/m1/s1. The Bertz CT molecular complexity index is 505. The van der Waals surface area contributed by atoms with Gasteiger partial charge in [-0.25, -0.2) is 8.42 Å². The van der Waals surface area contributed by atoms with Crippen LogP contribution in [0.15, 0.2) is 4.52 Å². The summed E-state index contributed by atoms with van der Waals surface area (Å²) in [7, 11) is -2.89. The van der Waals surface area contributed by atoms with Crippen molar-refractivity contribution in [1.29, 1.82) is 0 Å². The molecule has 17 heavy (non-hydrogen) atoms. The minimum atomic E-state index is -2.89. The van der Waals surface area contributed by atoms with Crippen LogP contribution in [0.1, 0.15) is 42.9 Å². The molecule has 2 aliphatic rings. The second-order valence-electron chi connectivity index (χ2n) is 4.74. The van der Waals surface area contributed by atoms with Gasteiger partial charge in [0.25, 0.3) is 0 Å². The lowest BCUT2D eigenvalue weighted by Crippen LogP contribution is -2.13. The van der Waals surface area contributed by atoms with E-state index >= 15 is 0 Å². The van der Waals surface area contributed by atoms with Gasteiger partial charge < -0.3 is 9.84 Å². The van der Waals surface area contributed by atoms with Crippen LogP contribution in [0.5, 0.6) is 0 Å². The first kappa shape index (κ1) is 11.2. The van der Waals surface area contributed by atoms with Crippen LogP contribution >= 0.6 is 0 Å². The summed E-state index contributed by atoms with van der Waals surface area (Å²) < 4.78 is 28.0. The molecule has 2 saturated heterocycles. The number of rotatable bonds is 2. The fourth-order valence-electron chi connectivity index (χ4n) is 2.45. The molecule has 6 nitrogen and oxygen atoms in total.